The van der Waals surface area contributed by atoms with Crippen LogP contribution in [-0.2, 0) is 13.6 Å². The van der Waals surface area contributed by atoms with E-state index in [1.165, 1.54) is 0 Å². The van der Waals surface area contributed by atoms with E-state index in [4.69, 9.17) is 4.98 Å². The van der Waals surface area contributed by atoms with E-state index >= 15 is 0 Å². The molecule has 2 heterocycles. The molecule has 0 saturated heterocycles. The molecule has 0 aliphatic carbocycles. The minimum absolute atomic E-state index is 0.133. The van der Waals surface area contributed by atoms with Gasteiger partial charge in [-0.05, 0) is 31.2 Å². The fourth-order valence-electron chi connectivity index (χ4n) is 3.24. The summed E-state index contributed by atoms with van der Waals surface area (Å²) < 4.78 is 2.66. The lowest BCUT2D eigenvalue weighted by atomic mass is 10.0. The number of halogens is 1. The lowest BCUT2D eigenvalue weighted by Crippen LogP contribution is -2.23. The highest BCUT2D eigenvalue weighted by Gasteiger charge is 2.15. The molecule has 140 valence electrons. The van der Waals surface area contributed by atoms with Crippen molar-refractivity contribution >= 4 is 32.7 Å². The van der Waals surface area contributed by atoms with E-state index in [1.807, 2.05) is 74.8 Å². The van der Waals surface area contributed by atoms with E-state index in [9.17, 15) is 4.79 Å². The second-order valence-corrected chi connectivity index (χ2v) is 7.59. The van der Waals surface area contributed by atoms with Crippen LogP contribution in [0.1, 0.15) is 21.6 Å². The molecule has 0 fully saturated rings. The summed E-state index contributed by atoms with van der Waals surface area (Å²) in [6, 6.07) is 17.5. The van der Waals surface area contributed by atoms with Crippen LogP contribution in [0.25, 0.3) is 22.2 Å². The van der Waals surface area contributed by atoms with Crippen LogP contribution in [0.4, 0.5) is 0 Å². The van der Waals surface area contributed by atoms with Gasteiger partial charge in [0.15, 0.2) is 0 Å². The number of carbonyl (C=O) groups is 1. The number of pyridine rings is 1. The van der Waals surface area contributed by atoms with Crippen molar-refractivity contribution in [1.82, 2.24) is 20.1 Å². The van der Waals surface area contributed by atoms with E-state index < -0.39 is 0 Å². The van der Waals surface area contributed by atoms with Gasteiger partial charge in [0.2, 0.25) is 0 Å². The molecular formula is C22H19BrN4O. The number of carbonyl (C=O) groups excluding carboxylic acids is 1. The number of nitrogens with zero attached hydrogens (tertiary/aromatic N) is 3. The first-order valence-electron chi connectivity index (χ1n) is 8.94. The molecule has 4 rings (SSSR count). The number of hydrogen-bond acceptors (Lipinski definition) is 3. The third-order valence-corrected chi connectivity index (χ3v) is 5.13. The zero-order chi connectivity index (χ0) is 19.7. The minimum atomic E-state index is -0.133. The number of amides is 1. The maximum absolute atomic E-state index is 13.1. The molecule has 0 unspecified atom stereocenters. The minimum Gasteiger partial charge on any atom is -0.348 e. The van der Waals surface area contributed by atoms with E-state index in [2.05, 4.69) is 26.3 Å². The molecular weight excluding hydrogens is 416 g/mol. The lowest BCUT2D eigenvalue weighted by Gasteiger charge is -2.11. The topological polar surface area (TPSA) is 59.8 Å². The molecule has 0 saturated carbocycles. The third kappa shape index (κ3) is 3.68. The van der Waals surface area contributed by atoms with Crippen LogP contribution in [0.3, 0.4) is 0 Å². The molecule has 0 atom stereocenters. The number of nitrogens with one attached hydrogen (secondary N) is 1. The molecule has 28 heavy (non-hydrogen) atoms. The molecule has 0 aliphatic rings. The molecule has 0 bridgehead atoms. The predicted molar refractivity (Wildman–Crippen MR) is 114 cm³/mol. The van der Waals surface area contributed by atoms with Crippen LogP contribution in [-0.4, -0.2) is 20.7 Å². The van der Waals surface area contributed by atoms with Crippen LogP contribution < -0.4 is 5.32 Å². The van der Waals surface area contributed by atoms with Crippen molar-refractivity contribution < 1.29 is 4.79 Å². The van der Waals surface area contributed by atoms with Gasteiger partial charge in [0.05, 0.1) is 22.5 Å². The Bertz CT molecular complexity index is 1170. The Labute approximate surface area is 171 Å². The third-order valence-electron chi connectivity index (χ3n) is 4.64. The van der Waals surface area contributed by atoms with Crippen molar-refractivity contribution in [2.75, 3.05) is 0 Å². The Morgan fingerprint density at radius 1 is 1.14 bits per heavy atom. The summed E-state index contributed by atoms with van der Waals surface area (Å²) in [6.07, 6.45) is 1.92. The molecule has 6 heteroatoms. The largest absolute Gasteiger partial charge is 0.348 e. The van der Waals surface area contributed by atoms with Gasteiger partial charge < -0.3 is 5.32 Å². The van der Waals surface area contributed by atoms with Crippen LogP contribution in [0, 0.1) is 6.92 Å². The molecule has 1 amide bonds. The Balaban J connectivity index is 1.74. The number of aryl methyl sites for hydroxylation is 2. The fraction of sp³-hybridized carbons (Fsp3) is 0.136. The average Bonchev–Trinajstić information content (AvgIpc) is 3.03. The molecule has 2 aromatic carbocycles. The zero-order valence-corrected chi connectivity index (χ0v) is 17.2. The van der Waals surface area contributed by atoms with Gasteiger partial charge in [-0.2, -0.15) is 5.10 Å². The molecule has 0 aliphatic heterocycles. The lowest BCUT2D eigenvalue weighted by molar-refractivity contribution is 0.0952. The van der Waals surface area contributed by atoms with Crippen LogP contribution in [0.5, 0.6) is 0 Å². The average molecular weight is 435 g/mol. The first kappa shape index (κ1) is 18.4. The molecule has 2 aromatic heterocycles. The normalized spacial score (nSPS) is 11.0. The van der Waals surface area contributed by atoms with Crippen molar-refractivity contribution in [2.24, 2.45) is 7.05 Å². The highest BCUT2D eigenvalue weighted by atomic mass is 79.9. The molecule has 1 N–H and O–H groups in total. The predicted octanol–water partition coefficient (Wildman–Crippen LogP) is 4.64. The number of hydrogen-bond donors (Lipinski definition) is 1. The van der Waals surface area contributed by atoms with E-state index in [0.717, 1.165) is 37.9 Å². The summed E-state index contributed by atoms with van der Waals surface area (Å²) in [6.45, 7) is 2.37. The van der Waals surface area contributed by atoms with Crippen LogP contribution >= 0.6 is 15.9 Å². The number of rotatable bonds is 4. The molecule has 4 aromatic rings. The SMILES string of the molecule is Cc1nn(C)cc1CNC(=O)c1cc(-c2ccccc2)nc2ccc(Br)cc12. The van der Waals surface area contributed by atoms with E-state index in [-0.39, 0.29) is 5.91 Å². The summed E-state index contributed by atoms with van der Waals surface area (Å²) in [7, 11) is 1.87. The van der Waals surface area contributed by atoms with Gasteiger partial charge in [-0.25, -0.2) is 4.98 Å². The number of aromatic nitrogens is 3. The smallest absolute Gasteiger partial charge is 0.252 e. The second-order valence-electron chi connectivity index (χ2n) is 6.68. The number of fused-ring (bicyclic) bond motifs is 1. The summed E-state index contributed by atoms with van der Waals surface area (Å²) in [4.78, 5) is 17.8. The second kappa shape index (κ2) is 7.56. The van der Waals surface area contributed by atoms with E-state index in [1.54, 1.807) is 4.68 Å². The van der Waals surface area contributed by atoms with Gasteiger partial charge in [-0.3, -0.25) is 9.48 Å². The standard InChI is InChI=1S/C22H19BrN4O/c1-14-16(13-27(2)26-14)12-24-22(28)19-11-21(15-6-4-3-5-7-15)25-20-9-8-17(23)10-18(19)20/h3-11,13H,12H2,1-2H3,(H,24,28). The highest BCUT2D eigenvalue weighted by molar-refractivity contribution is 9.10. The van der Waals surface area contributed by atoms with E-state index in [0.29, 0.717) is 12.1 Å². The summed E-state index contributed by atoms with van der Waals surface area (Å²) in [5.41, 5.74) is 5.05. The van der Waals surface area contributed by atoms with Crippen LogP contribution in [0.15, 0.2) is 65.3 Å². The molecule has 0 spiro atoms. The van der Waals surface area contributed by atoms with Gasteiger partial charge in [-0.15, -0.1) is 0 Å². The summed E-state index contributed by atoms with van der Waals surface area (Å²) >= 11 is 3.50. The van der Waals surface area contributed by atoms with Gasteiger partial charge in [0.25, 0.3) is 5.91 Å². The fourth-order valence-corrected chi connectivity index (χ4v) is 3.60. The molecule has 0 radical (unpaired) electrons. The van der Waals surface area contributed by atoms with Crippen molar-refractivity contribution in [3.63, 3.8) is 0 Å². The zero-order valence-electron chi connectivity index (χ0n) is 15.6. The quantitative estimate of drug-likeness (QED) is 0.508. The Kier molecular flexibility index (Phi) is 4.96. The Hall–Kier alpha value is -2.99. The first-order valence-corrected chi connectivity index (χ1v) is 9.73. The van der Waals surface area contributed by atoms with Gasteiger partial charge >= 0.3 is 0 Å². The molecule has 5 nitrogen and oxygen atoms in total. The number of benzene rings is 2. The van der Waals surface area contributed by atoms with Crippen molar-refractivity contribution in [3.05, 3.63) is 82.1 Å². The Morgan fingerprint density at radius 2 is 1.93 bits per heavy atom. The highest BCUT2D eigenvalue weighted by Crippen LogP contribution is 2.27. The van der Waals surface area contributed by atoms with Crippen molar-refractivity contribution in [2.45, 2.75) is 13.5 Å². The van der Waals surface area contributed by atoms with Crippen LogP contribution in [0.2, 0.25) is 0 Å². The van der Waals surface area contributed by atoms with Crippen molar-refractivity contribution in [1.29, 1.82) is 0 Å². The first-order chi connectivity index (χ1) is 13.5. The maximum atomic E-state index is 13.1. The van der Waals surface area contributed by atoms with Gasteiger partial charge in [0, 0.05) is 40.8 Å². The summed E-state index contributed by atoms with van der Waals surface area (Å²) in [5.74, 6) is -0.133. The maximum Gasteiger partial charge on any atom is 0.252 e. The van der Waals surface area contributed by atoms with Gasteiger partial charge in [-0.1, -0.05) is 46.3 Å². The van der Waals surface area contributed by atoms with Gasteiger partial charge in [0.1, 0.15) is 0 Å². The van der Waals surface area contributed by atoms with Crippen molar-refractivity contribution in [3.8, 4) is 11.3 Å². The monoisotopic (exact) mass is 434 g/mol. The summed E-state index contributed by atoms with van der Waals surface area (Å²) in [5, 5.41) is 8.16. The Morgan fingerprint density at radius 3 is 2.64 bits per heavy atom.